The fourth-order valence-electron chi connectivity index (χ4n) is 4.59. The number of benzene rings is 3. The van der Waals surface area contributed by atoms with Crippen molar-refractivity contribution in [2.45, 2.75) is 68.5 Å². The Morgan fingerprint density at radius 1 is 0.810 bits per heavy atom. The van der Waals surface area contributed by atoms with Crippen molar-refractivity contribution < 1.29 is 39.2 Å². The number of carboxylic acids is 2. The van der Waals surface area contributed by atoms with E-state index in [9.17, 15) is 19.5 Å². The quantitative estimate of drug-likeness (QED) is 0.127. The first kappa shape index (κ1) is 31.2. The van der Waals surface area contributed by atoms with Crippen molar-refractivity contribution >= 4 is 35.3 Å². The highest BCUT2D eigenvalue weighted by atomic mass is 32.2. The van der Waals surface area contributed by atoms with Gasteiger partial charge in [-0.1, -0.05) is 42.8 Å². The van der Waals surface area contributed by atoms with Crippen LogP contribution in [0.4, 0.5) is 5.69 Å². The van der Waals surface area contributed by atoms with E-state index in [1.54, 1.807) is 48.2 Å². The monoisotopic (exact) mass is 593 g/mol. The van der Waals surface area contributed by atoms with E-state index < -0.39 is 18.2 Å². The molecule has 0 radical (unpaired) electrons. The normalized spacial score (nSPS) is 18.4. The Hall–Kier alpha value is -3.70. The average molecular weight is 594 g/mol. The van der Waals surface area contributed by atoms with Gasteiger partial charge in [0.15, 0.2) is 6.29 Å². The lowest BCUT2D eigenvalue weighted by molar-refractivity contribution is -0.245. The maximum Gasteiger partial charge on any atom is 0.335 e. The Balaban J connectivity index is 1.39. The number of aliphatic carboxylic acids is 1. The van der Waals surface area contributed by atoms with Gasteiger partial charge in [0.25, 0.3) is 0 Å². The van der Waals surface area contributed by atoms with Gasteiger partial charge in [-0.25, -0.2) is 4.79 Å². The molecule has 0 spiro atoms. The molecule has 0 aliphatic carbocycles. The maximum absolute atomic E-state index is 12.3. The summed E-state index contributed by atoms with van der Waals surface area (Å²) in [5.41, 5.74) is 3.49. The standard InChI is InChI=1S/C32H35NO8S/c34-19-21-6-8-22(9-7-21)28-18-26(20-42-27-16-12-23(13-17-27)31(38)39)40-32(41-28)24-10-14-25(15-11-24)33-29(35)4-2-1-3-5-30(36)37/h6-17,26,28,32,34H,1-5,18-20H2,(H,33,35)(H,36,37)(H,38,39)/t26-,28+,32+/m1/s1. The van der Waals surface area contributed by atoms with Crippen LogP contribution < -0.4 is 5.32 Å². The summed E-state index contributed by atoms with van der Waals surface area (Å²) in [6, 6.07) is 21.7. The average Bonchev–Trinajstić information content (AvgIpc) is 3.00. The third-order valence-electron chi connectivity index (χ3n) is 6.91. The summed E-state index contributed by atoms with van der Waals surface area (Å²) in [5, 5.41) is 30.2. The van der Waals surface area contributed by atoms with Gasteiger partial charge in [-0.3, -0.25) is 9.59 Å². The largest absolute Gasteiger partial charge is 0.481 e. The third-order valence-corrected chi connectivity index (χ3v) is 8.06. The summed E-state index contributed by atoms with van der Waals surface area (Å²) < 4.78 is 12.7. The van der Waals surface area contributed by atoms with Crippen LogP contribution in [-0.2, 0) is 25.7 Å². The van der Waals surface area contributed by atoms with E-state index in [2.05, 4.69) is 5.32 Å². The molecule has 3 atom stereocenters. The van der Waals surface area contributed by atoms with Crippen LogP contribution in [0.5, 0.6) is 0 Å². The number of carbonyl (C=O) groups is 3. The van der Waals surface area contributed by atoms with Gasteiger partial charge in [-0.15, -0.1) is 11.8 Å². The van der Waals surface area contributed by atoms with Crippen LogP contribution in [0.25, 0.3) is 0 Å². The number of rotatable bonds is 14. The van der Waals surface area contributed by atoms with Crippen LogP contribution in [0, 0.1) is 0 Å². The predicted octanol–water partition coefficient (Wildman–Crippen LogP) is 6.19. The Bertz CT molecular complexity index is 1330. The first-order chi connectivity index (χ1) is 20.3. The van der Waals surface area contributed by atoms with E-state index in [0.717, 1.165) is 21.6 Å². The number of aromatic carboxylic acids is 1. The number of thioether (sulfide) groups is 1. The second-order valence-electron chi connectivity index (χ2n) is 10.1. The molecule has 222 valence electrons. The van der Waals surface area contributed by atoms with E-state index in [1.807, 2.05) is 36.4 Å². The first-order valence-corrected chi connectivity index (χ1v) is 14.9. The van der Waals surface area contributed by atoms with Crippen molar-refractivity contribution in [1.82, 2.24) is 0 Å². The van der Waals surface area contributed by atoms with Gasteiger partial charge in [0.1, 0.15) is 0 Å². The van der Waals surface area contributed by atoms with E-state index in [0.29, 0.717) is 43.5 Å². The molecule has 0 aromatic heterocycles. The first-order valence-electron chi connectivity index (χ1n) is 13.9. The Morgan fingerprint density at radius 3 is 2.12 bits per heavy atom. The minimum atomic E-state index is -0.962. The van der Waals surface area contributed by atoms with Crippen LogP contribution in [0.3, 0.4) is 0 Å². The number of hydrogen-bond acceptors (Lipinski definition) is 7. The number of unbranched alkanes of at least 4 members (excludes halogenated alkanes) is 2. The number of aliphatic hydroxyl groups excluding tert-OH is 1. The molecule has 1 aliphatic heterocycles. The zero-order chi connectivity index (χ0) is 29.9. The number of aliphatic hydroxyl groups is 1. The summed E-state index contributed by atoms with van der Waals surface area (Å²) in [6.07, 6.45) is 1.90. The number of amides is 1. The Kier molecular flexibility index (Phi) is 11.5. The zero-order valence-corrected chi connectivity index (χ0v) is 23.9. The van der Waals surface area contributed by atoms with Crippen molar-refractivity contribution in [3.8, 4) is 0 Å². The molecule has 3 aromatic carbocycles. The van der Waals surface area contributed by atoms with Crippen LogP contribution in [0.2, 0.25) is 0 Å². The molecule has 1 heterocycles. The minimum absolute atomic E-state index is 0.0366. The highest BCUT2D eigenvalue weighted by molar-refractivity contribution is 7.99. The van der Waals surface area contributed by atoms with E-state index in [-0.39, 0.29) is 36.7 Å². The van der Waals surface area contributed by atoms with Crippen LogP contribution >= 0.6 is 11.8 Å². The second kappa shape index (κ2) is 15.5. The third kappa shape index (κ3) is 9.42. The molecular weight excluding hydrogens is 558 g/mol. The van der Waals surface area contributed by atoms with E-state index >= 15 is 0 Å². The number of nitrogens with one attached hydrogen (secondary N) is 1. The molecule has 42 heavy (non-hydrogen) atoms. The molecule has 4 rings (SSSR count). The molecule has 1 amide bonds. The number of ether oxygens (including phenoxy) is 2. The van der Waals surface area contributed by atoms with Gasteiger partial charge in [0, 0.05) is 41.2 Å². The summed E-state index contributed by atoms with van der Waals surface area (Å²) in [6.45, 7) is -0.0366. The van der Waals surface area contributed by atoms with Crippen molar-refractivity contribution in [3.63, 3.8) is 0 Å². The summed E-state index contributed by atoms with van der Waals surface area (Å²) in [7, 11) is 0. The predicted molar refractivity (Wildman–Crippen MR) is 158 cm³/mol. The second-order valence-corrected chi connectivity index (χ2v) is 11.2. The molecule has 4 N–H and O–H groups in total. The molecule has 9 nitrogen and oxygen atoms in total. The maximum atomic E-state index is 12.3. The SMILES string of the molecule is O=C(O)CCCCCC(=O)Nc1ccc([C@H]2O[C@@H](CSc3ccc(C(=O)O)cc3)C[C@@H](c3ccc(CO)cc3)O2)cc1. The smallest absolute Gasteiger partial charge is 0.335 e. The number of anilines is 1. The number of carbonyl (C=O) groups excluding carboxylic acids is 1. The zero-order valence-electron chi connectivity index (χ0n) is 23.1. The lowest BCUT2D eigenvalue weighted by Gasteiger charge is -2.36. The molecule has 1 aliphatic rings. The highest BCUT2D eigenvalue weighted by Crippen LogP contribution is 2.39. The van der Waals surface area contributed by atoms with Crippen molar-refractivity contribution in [2.24, 2.45) is 0 Å². The molecule has 0 bridgehead atoms. The van der Waals surface area contributed by atoms with Crippen molar-refractivity contribution in [3.05, 3.63) is 95.1 Å². The fraction of sp³-hybridized carbons (Fsp3) is 0.344. The minimum Gasteiger partial charge on any atom is -0.481 e. The summed E-state index contributed by atoms with van der Waals surface area (Å²) >= 11 is 1.58. The summed E-state index contributed by atoms with van der Waals surface area (Å²) in [4.78, 5) is 35.0. The fourth-order valence-corrected chi connectivity index (χ4v) is 5.51. The van der Waals surface area contributed by atoms with Gasteiger partial charge in [-0.05, 0) is 60.4 Å². The van der Waals surface area contributed by atoms with Gasteiger partial charge < -0.3 is 30.1 Å². The van der Waals surface area contributed by atoms with Crippen molar-refractivity contribution in [2.75, 3.05) is 11.1 Å². The Labute approximate surface area is 248 Å². The lowest BCUT2D eigenvalue weighted by Crippen LogP contribution is -2.31. The van der Waals surface area contributed by atoms with Crippen LogP contribution in [0.1, 0.15) is 78.0 Å². The van der Waals surface area contributed by atoms with Gasteiger partial charge >= 0.3 is 11.9 Å². The van der Waals surface area contributed by atoms with E-state index in [1.165, 1.54) is 0 Å². The van der Waals surface area contributed by atoms with Gasteiger partial charge in [0.05, 0.1) is 24.4 Å². The molecule has 3 aromatic rings. The van der Waals surface area contributed by atoms with Crippen LogP contribution in [0.15, 0.2) is 77.7 Å². The molecule has 0 saturated carbocycles. The Morgan fingerprint density at radius 2 is 1.48 bits per heavy atom. The topological polar surface area (TPSA) is 142 Å². The van der Waals surface area contributed by atoms with E-state index in [4.69, 9.17) is 19.7 Å². The molecule has 10 heteroatoms. The molecule has 1 saturated heterocycles. The molecule has 1 fully saturated rings. The lowest BCUT2D eigenvalue weighted by atomic mass is 10.0. The highest BCUT2D eigenvalue weighted by Gasteiger charge is 2.32. The van der Waals surface area contributed by atoms with Gasteiger partial charge in [0.2, 0.25) is 5.91 Å². The molecule has 0 unspecified atom stereocenters. The number of carboxylic acid groups (broad SMARTS) is 2. The number of hydrogen-bond donors (Lipinski definition) is 4. The van der Waals surface area contributed by atoms with Crippen LogP contribution in [-0.4, -0.2) is 45.0 Å². The van der Waals surface area contributed by atoms with Gasteiger partial charge in [-0.2, -0.15) is 0 Å². The summed E-state index contributed by atoms with van der Waals surface area (Å²) in [5.74, 6) is -1.27. The molecular formula is C32H35NO8S. The van der Waals surface area contributed by atoms with Crippen molar-refractivity contribution in [1.29, 1.82) is 0 Å².